The Morgan fingerprint density at radius 1 is 1.10 bits per heavy atom. The highest BCUT2D eigenvalue weighted by Crippen LogP contribution is 2.36. The highest BCUT2D eigenvalue weighted by molar-refractivity contribution is 7.90. The van der Waals surface area contributed by atoms with E-state index >= 15 is 0 Å². The average molecular weight is 322 g/mol. The molecular formula is C15H18N2O2S2. The monoisotopic (exact) mass is 322 g/mol. The number of thiophene rings is 1. The third kappa shape index (κ3) is 2.85. The molecule has 0 unspecified atom stereocenters. The number of fused-ring (bicyclic) bond motifs is 1. The summed E-state index contributed by atoms with van der Waals surface area (Å²) in [5.41, 5.74) is 0. The van der Waals surface area contributed by atoms with Crippen molar-refractivity contribution >= 4 is 31.4 Å². The minimum Gasteiger partial charge on any atom is -0.309 e. The second-order valence-electron chi connectivity index (χ2n) is 5.90. The van der Waals surface area contributed by atoms with E-state index in [1.807, 2.05) is 24.3 Å². The topological polar surface area (TPSA) is 58.2 Å². The van der Waals surface area contributed by atoms with Crippen molar-refractivity contribution < 1.29 is 8.42 Å². The maximum Gasteiger partial charge on any atom is 0.242 e. The van der Waals surface area contributed by atoms with E-state index in [0.29, 0.717) is 17.5 Å². The second kappa shape index (κ2) is 5.05. The van der Waals surface area contributed by atoms with Crippen molar-refractivity contribution in [2.24, 2.45) is 0 Å². The van der Waals surface area contributed by atoms with Gasteiger partial charge in [0.2, 0.25) is 10.0 Å². The van der Waals surface area contributed by atoms with Gasteiger partial charge in [-0.3, -0.25) is 0 Å². The molecule has 0 bridgehead atoms. The molecule has 2 saturated carbocycles. The molecule has 0 aliphatic heterocycles. The van der Waals surface area contributed by atoms with Gasteiger partial charge in [0.15, 0.2) is 0 Å². The zero-order valence-corrected chi connectivity index (χ0v) is 13.3. The van der Waals surface area contributed by atoms with Crippen LogP contribution in [0.1, 0.15) is 30.6 Å². The first-order chi connectivity index (χ1) is 10.1. The molecule has 1 aromatic heterocycles. The van der Waals surface area contributed by atoms with Gasteiger partial charge < -0.3 is 5.32 Å². The molecule has 2 fully saturated rings. The minimum atomic E-state index is -3.42. The van der Waals surface area contributed by atoms with E-state index in [1.54, 1.807) is 11.3 Å². The first kappa shape index (κ1) is 13.7. The molecule has 1 heterocycles. The van der Waals surface area contributed by atoms with E-state index in [4.69, 9.17) is 0 Å². The fraction of sp³-hybridized carbons (Fsp3) is 0.467. The van der Waals surface area contributed by atoms with E-state index in [-0.39, 0.29) is 6.04 Å². The summed E-state index contributed by atoms with van der Waals surface area (Å²) in [6, 6.07) is 8.48. The summed E-state index contributed by atoms with van der Waals surface area (Å²) in [4.78, 5) is 1.42. The Balaban J connectivity index is 1.76. The van der Waals surface area contributed by atoms with E-state index < -0.39 is 10.0 Å². The van der Waals surface area contributed by atoms with Crippen molar-refractivity contribution in [3.8, 4) is 0 Å². The molecular weight excluding hydrogens is 304 g/mol. The number of hydrogen-bond donors (Lipinski definition) is 2. The molecule has 21 heavy (non-hydrogen) atoms. The first-order valence-electron chi connectivity index (χ1n) is 7.39. The van der Waals surface area contributed by atoms with Crippen LogP contribution in [-0.4, -0.2) is 20.5 Å². The number of nitrogens with one attached hydrogen (secondary N) is 2. The van der Waals surface area contributed by atoms with E-state index in [1.165, 1.54) is 12.8 Å². The highest BCUT2D eigenvalue weighted by atomic mass is 32.2. The van der Waals surface area contributed by atoms with Crippen molar-refractivity contribution in [3.63, 3.8) is 0 Å². The fourth-order valence-electron chi connectivity index (χ4n) is 2.49. The van der Waals surface area contributed by atoms with Crippen LogP contribution >= 0.6 is 11.3 Å². The smallest absolute Gasteiger partial charge is 0.242 e. The van der Waals surface area contributed by atoms with Crippen LogP contribution in [0.2, 0.25) is 0 Å². The molecule has 6 heteroatoms. The Morgan fingerprint density at radius 2 is 1.81 bits per heavy atom. The zero-order valence-electron chi connectivity index (χ0n) is 11.6. The predicted octanol–water partition coefficient (Wildman–Crippen LogP) is 2.59. The van der Waals surface area contributed by atoms with Gasteiger partial charge in [-0.25, -0.2) is 13.1 Å². The molecule has 0 amide bonds. The number of hydrogen-bond acceptors (Lipinski definition) is 4. The molecule has 2 aromatic rings. The third-order valence-corrected chi connectivity index (χ3v) is 6.86. The molecule has 0 radical (unpaired) electrons. The van der Waals surface area contributed by atoms with Gasteiger partial charge in [0.1, 0.15) is 4.90 Å². The number of benzene rings is 1. The van der Waals surface area contributed by atoms with Crippen molar-refractivity contribution in [2.75, 3.05) is 0 Å². The Hall–Kier alpha value is -0.950. The molecule has 0 atom stereocenters. The Bertz CT molecular complexity index is 774. The summed E-state index contributed by atoms with van der Waals surface area (Å²) in [6.45, 7) is 0.644. The highest BCUT2D eigenvalue weighted by Gasteiger charge is 2.32. The lowest BCUT2D eigenvalue weighted by Crippen LogP contribution is -2.27. The predicted molar refractivity (Wildman–Crippen MR) is 85.0 cm³/mol. The molecule has 2 N–H and O–H groups in total. The van der Waals surface area contributed by atoms with E-state index in [0.717, 1.165) is 27.8 Å². The maximum absolute atomic E-state index is 12.7. The third-order valence-electron chi connectivity index (χ3n) is 3.91. The fourth-order valence-corrected chi connectivity index (χ4v) is 5.69. The number of rotatable bonds is 6. The van der Waals surface area contributed by atoms with Gasteiger partial charge in [-0.1, -0.05) is 18.2 Å². The maximum atomic E-state index is 12.7. The molecule has 4 nitrogen and oxygen atoms in total. The van der Waals surface area contributed by atoms with Gasteiger partial charge in [-0.15, -0.1) is 11.3 Å². The first-order valence-corrected chi connectivity index (χ1v) is 9.69. The summed E-state index contributed by atoms with van der Waals surface area (Å²) < 4.78 is 29.3. The van der Waals surface area contributed by atoms with E-state index in [9.17, 15) is 8.42 Å². The molecule has 0 spiro atoms. The lowest BCUT2D eigenvalue weighted by atomic mass is 10.2. The summed E-state index contributed by atoms with van der Waals surface area (Å²) >= 11 is 1.59. The average Bonchev–Trinajstić information content (AvgIpc) is 3.35. The molecule has 2 aliphatic rings. The van der Waals surface area contributed by atoms with Gasteiger partial charge in [0.25, 0.3) is 0 Å². The Labute approximate surface area is 128 Å². The van der Waals surface area contributed by atoms with Crippen LogP contribution in [0.15, 0.2) is 29.2 Å². The van der Waals surface area contributed by atoms with Crippen LogP contribution in [0.5, 0.6) is 0 Å². The SMILES string of the molecule is O=S(=O)(NC1CC1)c1c(CNC2CC2)sc2ccccc12. The standard InChI is InChI=1S/C15H18N2O2S2/c18-21(19,17-11-7-8-11)15-12-3-1-2-4-13(12)20-14(15)9-16-10-5-6-10/h1-4,10-11,16-17H,5-9H2. The largest absolute Gasteiger partial charge is 0.309 e. The van der Waals surface area contributed by atoms with Gasteiger partial charge >= 0.3 is 0 Å². The van der Waals surface area contributed by atoms with Gasteiger partial charge in [0.05, 0.1) is 0 Å². The lowest BCUT2D eigenvalue weighted by Gasteiger charge is -2.08. The second-order valence-corrected chi connectivity index (χ2v) is 8.69. The molecule has 1 aromatic carbocycles. The van der Waals surface area contributed by atoms with Gasteiger partial charge in [-0.2, -0.15) is 0 Å². The molecule has 2 aliphatic carbocycles. The van der Waals surface area contributed by atoms with Crippen LogP contribution in [0.3, 0.4) is 0 Å². The van der Waals surface area contributed by atoms with Crippen molar-refractivity contribution in [1.82, 2.24) is 10.0 Å². The van der Waals surface area contributed by atoms with Crippen LogP contribution in [-0.2, 0) is 16.6 Å². The van der Waals surface area contributed by atoms with Crippen molar-refractivity contribution in [2.45, 2.75) is 49.2 Å². The zero-order chi connectivity index (χ0) is 14.4. The Kier molecular flexibility index (Phi) is 3.29. The van der Waals surface area contributed by atoms with Crippen LogP contribution in [0.25, 0.3) is 10.1 Å². The van der Waals surface area contributed by atoms with Crippen molar-refractivity contribution in [3.05, 3.63) is 29.1 Å². The Morgan fingerprint density at radius 3 is 2.52 bits per heavy atom. The summed E-state index contributed by atoms with van der Waals surface area (Å²) in [6.07, 6.45) is 4.31. The summed E-state index contributed by atoms with van der Waals surface area (Å²) in [5, 5.41) is 4.28. The molecule has 0 saturated heterocycles. The van der Waals surface area contributed by atoms with Crippen molar-refractivity contribution in [1.29, 1.82) is 0 Å². The van der Waals surface area contributed by atoms with Crippen LogP contribution in [0.4, 0.5) is 0 Å². The van der Waals surface area contributed by atoms with Gasteiger partial charge in [0, 0.05) is 33.6 Å². The summed E-state index contributed by atoms with van der Waals surface area (Å²) in [5.74, 6) is 0. The molecule has 4 rings (SSSR count). The van der Waals surface area contributed by atoms with Gasteiger partial charge in [-0.05, 0) is 31.7 Å². The number of sulfonamides is 1. The van der Waals surface area contributed by atoms with Crippen LogP contribution in [0, 0.1) is 0 Å². The van der Waals surface area contributed by atoms with Crippen LogP contribution < -0.4 is 10.0 Å². The van der Waals surface area contributed by atoms with E-state index in [2.05, 4.69) is 10.0 Å². The normalized spacial score (nSPS) is 19.2. The lowest BCUT2D eigenvalue weighted by molar-refractivity contribution is 0.580. The summed E-state index contributed by atoms with van der Waals surface area (Å²) in [7, 11) is -3.42. The quantitative estimate of drug-likeness (QED) is 0.859. The minimum absolute atomic E-state index is 0.137. The molecule has 112 valence electrons.